The van der Waals surface area contributed by atoms with Gasteiger partial charge in [0.2, 0.25) is 0 Å². The molecule has 0 aromatic rings. The zero-order valence-electron chi connectivity index (χ0n) is 5.54. The van der Waals surface area contributed by atoms with Crippen molar-refractivity contribution in [1.82, 2.24) is 0 Å². The van der Waals surface area contributed by atoms with Gasteiger partial charge >= 0.3 is 6.25 Å². The lowest BCUT2D eigenvalue weighted by Crippen LogP contribution is -2.30. The first-order valence-corrected chi connectivity index (χ1v) is 7.42. The molecule has 0 saturated heterocycles. The lowest BCUT2D eigenvalue weighted by Gasteiger charge is -2.23. The Hall–Kier alpha value is 1.05. The largest absolute Gasteiger partial charge is 0.494 e. The van der Waals surface area contributed by atoms with Gasteiger partial charge in [0.15, 0.2) is 0 Å². The van der Waals surface area contributed by atoms with E-state index in [-0.39, 0.29) is 5.60 Å². The first-order valence-electron chi connectivity index (χ1n) is 2.48. The molecule has 0 unspecified atom stereocenters. The summed E-state index contributed by atoms with van der Waals surface area (Å²) in [4.78, 5) is 0. The minimum Gasteiger partial charge on any atom is -0.376 e. The molecule has 0 heterocycles. The van der Waals surface area contributed by atoms with Gasteiger partial charge in [-0.3, -0.25) is 0 Å². The molecule has 0 N–H and O–H groups in total. The Morgan fingerprint density at radius 2 is 1.44 bits per heavy atom. The summed E-state index contributed by atoms with van der Waals surface area (Å²) in [7, 11) is 0. The van der Waals surface area contributed by atoms with E-state index in [1.54, 1.807) is 0 Å². The minimum absolute atomic E-state index is 0.350. The molecular formula is C4H9Cl3OSi. The van der Waals surface area contributed by atoms with Crippen molar-refractivity contribution in [2.75, 3.05) is 0 Å². The Bertz CT molecular complexity index is 81.0. The quantitative estimate of drug-likeness (QED) is 0.475. The number of hydrogen-bond acceptors (Lipinski definition) is 1. The van der Waals surface area contributed by atoms with Gasteiger partial charge in [0.05, 0.1) is 5.60 Å². The summed E-state index contributed by atoms with van der Waals surface area (Å²) in [5, 5.41) is 0. The molecule has 0 aliphatic heterocycles. The van der Waals surface area contributed by atoms with Gasteiger partial charge in [-0.2, -0.15) is 0 Å². The third-order valence-corrected chi connectivity index (χ3v) is 1.96. The van der Waals surface area contributed by atoms with Crippen LogP contribution in [-0.2, 0) is 4.43 Å². The molecule has 0 radical (unpaired) electrons. The maximum Gasteiger partial charge on any atom is 0.494 e. The average molecular weight is 208 g/mol. The summed E-state index contributed by atoms with van der Waals surface area (Å²) in [5.74, 6) is 0. The van der Waals surface area contributed by atoms with Gasteiger partial charge in [-0.25, -0.2) is 0 Å². The van der Waals surface area contributed by atoms with Gasteiger partial charge in [-0.15, -0.1) is 0 Å². The lowest BCUT2D eigenvalue weighted by atomic mass is 10.2. The van der Waals surface area contributed by atoms with Gasteiger partial charge in [0.1, 0.15) is 0 Å². The van der Waals surface area contributed by atoms with E-state index in [1.807, 2.05) is 20.8 Å². The lowest BCUT2D eigenvalue weighted by molar-refractivity contribution is 0.137. The number of hydrogen-bond donors (Lipinski definition) is 0. The van der Waals surface area contributed by atoms with Crippen molar-refractivity contribution in [2.45, 2.75) is 26.4 Å². The van der Waals surface area contributed by atoms with Gasteiger partial charge in [0.25, 0.3) is 0 Å². The summed E-state index contributed by atoms with van der Waals surface area (Å²) in [5.41, 5.74) is -0.350. The summed E-state index contributed by atoms with van der Waals surface area (Å²) in [6.07, 6.45) is -2.88. The SMILES string of the molecule is CC(C)(C)O[Si](Cl)(Cl)Cl. The molecule has 0 amide bonds. The van der Waals surface area contributed by atoms with Crippen LogP contribution >= 0.6 is 33.2 Å². The fourth-order valence-electron chi connectivity index (χ4n) is 0.347. The Labute approximate surface area is 70.5 Å². The van der Waals surface area contributed by atoms with E-state index in [1.165, 1.54) is 0 Å². The molecule has 0 aromatic heterocycles. The second kappa shape index (κ2) is 2.97. The Morgan fingerprint density at radius 1 is 1.11 bits per heavy atom. The third kappa shape index (κ3) is 9.05. The molecule has 0 aliphatic carbocycles. The van der Waals surface area contributed by atoms with E-state index in [2.05, 4.69) is 0 Å². The fraction of sp³-hybridized carbons (Fsp3) is 1.00. The van der Waals surface area contributed by atoms with Crippen molar-refractivity contribution < 1.29 is 4.43 Å². The third-order valence-electron chi connectivity index (χ3n) is 0.422. The second-order valence-electron chi connectivity index (χ2n) is 2.66. The van der Waals surface area contributed by atoms with Crippen molar-refractivity contribution >= 4 is 39.5 Å². The maximum absolute atomic E-state index is 5.47. The van der Waals surface area contributed by atoms with Gasteiger partial charge in [0, 0.05) is 0 Å². The Kier molecular flexibility index (Phi) is 3.31. The molecule has 0 fully saturated rings. The van der Waals surface area contributed by atoms with Gasteiger partial charge in [-0.1, -0.05) is 33.2 Å². The van der Waals surface area contributed by atoms with Crippen LogP contribution in [0.25, 0.3) is 0 Å². The van der Waals surface area contributed by atoms with E-state index >= 15 is 0 Å². The zero-order chi connectivity index (χ0) is 7.71. The fourth-order valence-corrected chi connectivity index (χ4v) is 3.12. The number of rotatable bonds is 1. The molecule has 0 aliphatic rings. The standard InChI is InChI=1S/C4H9Cl3OSi/c1-4(2,3)8-9(5,6)7/h1-3H3. The van der Waals surface area contributed by atoms with Crippen LogP contribution in [0.1, 0.15) is 20.8 Å². The Balaban J connectivity index is 3.75. The first-order chi connectivity index (χ1) is 3.71. The molecule has 0 spiro atoms. The highest BCUT2D eigenvalue weighted by molar-refractivity contribution is 7.62. The van der Waals surface area contributed by atoms with Crippen LogP contribution in [-0.4, -0.2) is 11.8 Å². The van der Waals surface area contributed by atoms with Crippen molar-refractivity contribution in [2.24, 2.45) is 0 Å². The highest BCUT2D eigenvalue weighted by Crippen LogP contribution is 2.26. The first kappa shape index (κ1) is 10.0. The van der Waals surface area contributed by atoms with Crippen LogP contribution in [0.5, 0.6) is 0 Å². The van der Waals surface area contributed by atoms with E-state index in [4.69, 9.17) is 37.7 Å². The number of halogens is 3. The monoisotopic (exact) mass is 206 g/mol. The van der Waals surface area contributed by atoms with Crippen molar-refractivity contribution in [1.29, 1.82) is 0 Å². The van der Waals surface area contributed by atoms with Crippen molar-refractivity contribution in [3.05, 3.63) is 0 Å². The van der Waals surface area contributed by atoms with Crippen LogP contribution in [0, 0.1) is 0 Å². The predicted octanol–water partition coefficient (Wildman–Crippen LogP) is 2.95. The molecule has 9 heavy (non-hydrogen) atoms. The van der Waals surface area contributed by atoms with Crippen LogP contribution in [0.3, 0.4) is 0 Å². The molecule has 0 aromatic carbocycles. The van der Waals surface area contributed by atoms with Gasteiger partial charge < -0.3 is 4.43 Å². The van der Waals surface area contributed by atoms with E-state index in [9.17, 15) is 0 Å². The normalized spacial score (nSPS) is 14.0. The van der Waals surface area contributed by atoms with Crippen LogP contribution in [0.4, 0.5) is 0 Å². The van der Waals surface area contributed by atoms with E-state index in [0.717, 1.165) is 0 Å². The zero-order valence-corrected chi connectivity index (χ0v) is 8.81. The molecule has 0 atom stereocenters. The summed E-state index contributed by atoms with van der Waals surface area (Å²) < 4.78 is 5.06. The highest BCUT2D eigenvalue weighted by Gasteiger charge is 2.33. The van der Waals surface area contributed by atoms with Gasteiger partial charge in [-0.05, 0) is 20.8 Å². The molecule has 5 heteroatoms. The van der Waals surface area contributed by atoms with E-state index < -0.39 is 6.25 Å². The van der Waals surface area contributed by atoms with Crippen molar-refractivity contribution in [3.63, 3.8) is 0 Å². The van der Waals surface area contributed by atoms with Crippen molar-refractivity contribution in [3.8, 4) is 0 Å². The topological polar surface area (TPSA) is 9.23 Å². The summed E-state index contributed by atoms with van der Waals surface area (Å²) in [6.45, 7) is 5.55. The summed E-state index contributed by atoms with van der Waals surface area (Å²) >= 11 is 16.4. The molecular weight excluding hydrogens is 198 g/mol. The summed E-state index contributed by atoms with van der Waals surface area (Å²) in [6, 6.07) is 0. The van der Waals surface area contributed by atoms with Crippen LogP contribution in [0.2, 0.25) is 0 Å². The smallest absolute Gasteiger partial charge is 0.376 e. The van der Waals surface area contributed by atoms with E-state index in [0.29, 0.717) is 0 Å². The highest BCUT2D eigenvalue weighted by atomic mass is 35.8. The average Bonchev–Trinajstić information content (AvgIpc) is 1.14. The minimum atomic E-state index is -2.88. The maximum atomic E-state index is 5.47. The van der Waals surface area contributed by atoms with Crippen LogP contribution in [0.15, 0.2) is 0 Å². The molecule has 56 valence electrons. The Morgan fingerprint density at radius 3 is 1.44 bits per heavy atom. The second-order valence-corrected chi connectivity index (χ2v) is 10.3. The predicted molar refractivity (Wildman–Crippen MR) is 44.2 cm³/mol. The molecule has 0 rings (SSSR count). The molecule has 1 nitrogen and oxygen atoms in total. The molecule has 0 saturated carbocycles. The molecule has 0 bridgehead atoms. The van der Waals surface area contributed by atoms with Crippen LogP contribution < -0.4 is 0 Å².